The zero-order chi connectivity index (χ0) is 14.5. The van der Waals surface area contributed by atoms with Crippen molar-refractivity contribution in [2.45, 2.75) is 26.3 Å². The normalized spacial score (nSPS) is 12.8. The second kappa shape index (κ2) is 6.53. The van der Waals surface area contributed by atoms with Crippen LogP contribution in [0.3, 0.4) is 0 Å². The Morgan fingerprint density at radius 2 is 1.74 bits per heavy atom. The maximum Gasteiger partial charge on any atom is 0.241 e. The van der Waals surface area contributed by atoms with Gasteiger partial charge in [-0.05, 0) is 37.6 Å². The molecule has 0 saturated carbocycles. The predicted molar refractivity (Wildman–Crippen MR) is 76.4 cm³/mol. The first-order valence-electron chi connectivity index (χ1n) is 6.05. The molecule has 0 spiro atoms. The summed E-state index contributed by atoms with van der Waals surface area (Å²) in [6.07, 6.45) is 0.556. The van der Waals surface area contributed by atoms with Crippen molar-refractivity contribution in [2.24, 2.45) is 5.73 Å². The summed E-state index contributed by atoms with van der Waals surface area (Å²) in [5, 5.41) is 2.66. The van der Waals surface area contributed by atoms with Gasteiger partial charge in [0.25, 0.3) is 0 Å². The number of carbonyl (C=O) groups excluding carboxylic acids is 1. The number of benzene rings is 1. The van der Waals surface area contributed by atoms with Crippen LogP contribution in [-0.4, -0.2) is 26.1 Å². The third-order valence-corrected chi connectivity index (χ3v) is 3.89. The van der Waals surface area contributed by atoms with Gasteiger partial charge in [-0.1, -0.05) is 6.92 Å². The molecular formula is C12H19N3O3S. The van der Waals surface area contributed by atoms with E-state index in [0.717, 1.165) is 0 Å². The number of anilines is 2. The molecule has 0 bridgehead atoms. The highest BCUT2D eigenvalue weighted by molar-refractivity contribution is 7.92. The largest absolute Gasteiger partial charge is 0.325 e. The lowest BCUT2D eigenvalue weighted by Crippen LogP contribution is -2.34. The number of nitrogens with one attached hydrogen (secondary N) is 2. The number of hydrogen-bond acceptors (Lipinski definition) is 4. The SMILES string of the molecule is CC[C@@H](N)C(=O)Nc1ccc(NS(=O)(=O)CC)cc1. The Bertz CT molecular complexity index is 526. The first kappa shape index (κ1) is 15.5. The Balaban J connectivity index is 2.69. The fourth-order valence-corrected chi connectivity index (χ4v) is 1.93. The smallest absolute Gasteiger partial charge is 0.241 e. The molecule has 7 heteroatoms. The molecule has 0 saturated heterocycles. The minimum absolute atomic E-state index is 0.0108. The van der Waals surface area contributed by atoms with Crippen molar-refractivity contribution in [2.75, 3.05) is 15.8 Å². The van der Waals surface area contributed by atoms with Gasteiger partial charge in [-0.25, -0.2) is 8.42 Å². The van der Waals surface area contributed by atoms with Crippen LogP contribution in [0.2, 0.25) is 0 Å². The van der Waals surface area contributed by atoms with Crippen molar-refractivity contribution in [3.63, 3.8) is 0 Å². The molecule has 0 radical (unpaired) electrons. The number of rotatable bonds is 6. The molecule has 0 fully saturated rings. The summed E-state index contributed by atoms with van der Waals surface area (Å²) in [4.78, 5) is 11.6. The summed E-state index contributed by atoms with van der Waals surface area (Å²) in [7, 11) is -3.28. The predicted octanol–water partition coefficient (Wildman–Crippen LogP) is 1.12. The van der Waals surface area contributed by atoms with Gasteiger partial charge >= 0.3 is 0 Å². The van der Waals surface area contributed by atoms with Crippen molar-refractivity contribution in [3.8, 4) is 0 Å². The Morgan fingerprint density at radius 3 is 2.21 bits per heavy atom. The average molecular weight is 285 g/mol. The van der Waals surface area contributed by atoms with Gasteiger partial charge in [0.15, 0.2) is 0 Å². The molecule has 0 aliphatic heterocycles. The molecule has 1 amide bonds. The molecule has 1 aromatic rings. The van der Waals surface area contributed by atoms with Crippen molar-refractivity contribution in [3.05, 3.63) is 24.3 Å². The molecular weight excluding hydrogens is 266 g/mol. The lowest BCUT2D eigenvalue weighted by Gasteiger charge is -2.11. The summed E-state index contributed by atoms with van der Waals surface area (Å²) < 4.78 is 25.1. The summed E-state index contributed by atoms with van der Waals surface area (Å²) in [6, 6.07) is 5.86. The first-order chi connectivity index (χ1) is 8.88. The molecule has 1 rings (SSSR count). The van der Waals surface area contributed by atoms with Gasteiger partial charge in [0, 0.05) is 11.4 Å². The molecule has 19 heavy (non-hydrogen) atoms. The second-order valence-corrected chi connectivity index (χ2v) is 6.10. The topological polar surface area (TPSA) is 101 Å². The van der Waals surface area contributed by atoms with Crippen molar-refractivity contribution >= 4 is 27.3 Å². The summed E-state index contributed by atoms with van der Waals surface area (Å²) >= 11 is 0. The zero-order valence-corrected chi connectivity index (χ0v) is 11.8. The Labute approximate surface area is 113 Å². The standard InChI is InChI=1S/C12H19N3O3S/c1-3-11(13)12(16)14-9-5-7-10(8-6-9)15-19(17,18)4-2/h5-8,11,15H,3-4,13H2,1-2H3,(H,14,16)/t11-/m1/s1. The van der Waals surface area contributed by atoms with E-state index in [9.17, 15) is 13.2 Å². The van der Waals surface area contributed by atoms with E-state index in [-0.39, 0.29) is 11.7 Å². The van der Waals surface area contributed by atoms with Crippen LogP contribution in [-0.2, 0) is 14.8 Å². The maximum atomic E-state index is 11.6. The monoisotopic (exact) mass is 285 g/mol. The highest BCUT2D eigenvalue weighted by atomic mass is 32.2. The van der Waals surface area contributed by atoms with Gasteiger partial charge in [0.2, 0.25) is 15.9 Å². The molecule has 106 valence electrons. The van der Waals surface area contributed by atoms with E-state index in [1.165, 1.54) is 0 Å². The van der Waals surface area contributed by atoms with Crippen molar-refractivity contribution < 1.29 is 13.2 Å². The molecule has 0 heterocycles. The maximum absolute atomic E-state index is 11.6. The van der Waals surface area contributed by atoms with E-state index in [1.807, 2.05) is 6.92 Å². The van der Waals surface area contributed by atoms with Crippen molar-refractivity contribution in [1.29, 1.82) is 0 Å². The molecule has 0 aliphatic carbocycles. The lowest BCUT2D eigenvalue weighted by atomic mass is 10.2. The van der Waals surface area contributed by atoms with E-state index in [2.05, 4.69) is 10.0 Å². The molecule has 0 unspecified atom stereocenters. The van der Waals surface area contributed by atoms with Crippen LogP contribution in [0.1, 0.15) is 20.3 Å². The lowest BCUT2D eigenvalue weighted by molar-refractivity contribution is -0.117. The molecule has 4 N–H and O–H groups in total. The highest BCUT2D eigenvalue weighted by Crippen LogP contribution is 2.15. The van der Waals surface area contributed by atoms with E-state index in [4.69, 9.17) is 5.73 Å². The van der Waals surface area contributed by atoms with Crippen LogP contribution in [0.25, 0.3) is 0 Å². The molecule has 1 atom stereocenters. The Morgan fingerprint density at radius 1 is 1.21 bits per heavy atom. The Hall–Kier alpha value is -1.60. The van der Waals surface area contributed by atoms with E-state index in [1.54, 1.807) is 31.2 Å². The minimum Gasteiger partial charge on any atom is -0.325 e. The van der Waals surface area contributed by atoms with Crippen LogP contribution >= 0.6 is 0 Å². The third kappa shape index (κ3) is 4.88. The highest BCUT2D eigenvalue weighted by Gasteiger charge is 2.11. The van der Waals surface area contributed by atoms with Gasteiger partial charge in [-0.15, -0.1) is 0 Å². The van der Waals surface area contributed by atoms with Crippen molar-refractivity contribution in [1.82, 2.24) is 0 Å². The van der Waals surface area contributed by atoms with Gasteiger partial charge in [0.05, 0.1) is 11.8 Å². The number of amides is 1. The average Bonchev–Trinajstić information content (AvgIpc) is 2.39. The zero-order valence-electron chi connectivity index (χ0n) is 11.0. The summed E-state index contributed by atoms with van der Waals surface area (Å²) in [5.41, 5.74) is 6.63. The van der Waals surface area contributed by atoms with Gasteiger partial charge in [-0.3, -0.25) is 9.52 Å². The van der Waals surface area contributed by atoms with E-state index >= 15 is 0 Å². The molecule has 6 nitrogen and oxygen atoms in total. The van der Waals surface area contributed by atoms with Crippen LogP contribution in [0.4, 0.5) is 11.4 Å². The number of carbonyl (C=O) groups is 1. The fourth-order valence-electron chi connectivity index (χ4n) is 1.29. The minimum atomic E-state index is -3.28. The summed E-state index contributed by atoms with van der Waals surface area (Å²) in [5.74, 6) is -0.249. The van der Waals surface area contributed by atoms with Crippen LogP contribution < -0.4 is 15.8 Å². The molecule has 0 aromatic heterocycles. The fraction of sp³-hybridized carbons (Fsp3) is 0.417. The van der Waals surface area contributed by atoms with E-state index < -0.39 is 16.1 Å². The quantitative estimate of drug-likeness (QED) is 0.729. The third-order valence-electron chi connectivity index (χ3n) is 2.58. The van der Waals surface area contributed by atoms with Gasteiger partial charge in [-0.2, -0.15) is 0 Å². The van der Waals surface area contributed by atoms with Crippen LogP contribution in [0, 0.1) is 0 Å². The van der Waals surface area contributed by atoms with Gasteiger partial charge < -0.3 is 11.1 Å². The Kier molecular flexibility index (Phi) is 5.31. The first-order valence-corrected chi connectivity index (χ1v) is 7.70. The molecule has 0 aliphatic rings. The molecule has 1 aromatic carbocycles. The van der Waals surface area contributed by atoms with Crippen LogP contribution in [0.15, 0.2) is 24.3 Å². The van der Waals surface area contributed by atoms with Crippen LogP contribution in [0.5, 0.6) is 0 Å². The summed E-state index contributed by atoms with van der Waals surface area (Å²) in [6.45, 7) is 3.38. The second-order valence-electron chi connectivity index (χ2n) is 4.09. The number of nitrogens with two attached hydrogens (primary N) is 1. The van der Waals surface area contributed by atoms with E-state index in [0.29, 0.717) is 17.8 Å². The number of sulfonamides is 1. The van der Waals surface area contributed by atoms with Gasteiger partial charge in [0.1, 0.15) is 0 Å². The number of hydrogen-bond donors (Lipinski definition) is 3.